The molecule has 1 N–H and O–H groups in total. The molecule has 26 heavy (non-hydrogen) atoms. The number of amides is 1. The van der Waals surface area contributed by atoms with E-state index in [0.29, 0.717) is 31.2 Å². The van der Waals surface area contributed by atoms with Gasteiger partial charge in [0.05, 0.1) is 6.54 Å². The monoisotopic (exact) mass is 364 g/mol. The van der Waals surface area contributed by atoms with Gasteiger partial charge in [0, 0.05) is 18.9 Å². The van der Waals surface area contributed by atoms with Crippen LogP contribution < -0.4 is 0 Å². The van der Waals surface area contributed by atoms with Crippen LogP contribution in [0.2, 0.25) is 0 Å². The Balaban J connectivity index is 1.58. The summed E-state index contributed by atoms with van der Waals surface area (Å²) in [5.41, 5.74) is 0.0362. The molecule has 8 nitrogen and oxygen atoms in total. The van der Waals surface area contributed by atoms with Gasteiger partial charge in [-0.15, -0.1) is 0 Å². The van der Waals surface area contributed by atoms with Crippen molar-refractivity contribution in [3.63, 3.8) is 0 Å². The first-order chi connectivity index (χ1) is 12.3. The summed E-state index contributed by atoms with van der Waals surface area (Å²) in [6.07, 6.45) is 3.21. The molecule has 1 aromatic heterocycles. The minimum Gasteiger partial charge on any atom is -0.480 e. The lowest BCUT2D eigenvalue weighted by Gasteiger charge is -2.48. The molecular formula is C18H28N4O4. The molecule has 0 radical (unpaired) electrons. The van der Waals surface area contributed by atoms with Gasteiger partial charge in [-0.25, -0.2) is 4.79 Å². The maximum Gasteiger partial charge on any atom is 0.326 e. The van der Waals surface area contributed by atoms with Gasteiger partial charge in [0.2, 0.25) is 11.8 Å². The average Bonchev–Trinajstić information content (AvgIpc) is 3.07. The maximum absolute atomic E-state index is 12.2. The molecule has 3 heterocycles. The Kier molecular flexibility index (Phi) is 5.32. The number of likely N-dealkylation sites (tertiary alicyclic amines) is 2. The second-order valence-corrected chi connectivity index (χ2v) is 8.02. The summed E-state index contributed by atoms with van der Waals surface area (Å²) in [4.78, 5) is 31.7. The number of rotatable bonds is 5. The summed E-state index contributed by atoms with van der Waals surface area (Å²) in [7, 11) is 0. The van der Waals surface area contributed by atoms with E-state index in [-0.39, 0.29) is 17.2 Å². The molecule has 1 atom stereocenters. The molecule has 2 saturated heterocycles. The van der Waals surface area contributed by atoms with Gasteiger partial charge in [-0.2, -0.15) is 4.98 Å². The second-order valence-electron chi connectivity index (χ2n) is 8.02. The van der Waals surface area contributed by atoms with Gasteiger partial charge in [0.15, 0.2) is 5.82 Å². The van der Waals surface area contributed by atoms with Gasteiger partial charge >= 0.3 is 5.97 Å². The Morgan fingerprint density at radius 2 is 1.96 bits per heavy atom. The SMILES string of the molecule is CC(C)c1nc(CN2CCC3(CCC(=O)N(C(C)C(=O)O)C3)CC2)no1. The molecular weight excluding hydrogens is 336 g/mol. The largest absolute Gasteiger partial charge is 0.480 e. The molecule has 144 valence electrons. The van der Waals surface area contributed by atoms with E-state index >= 15 is 0 Å². The second kappa shape index (κ2) is 7.34. The minimum absolute atomic E-state index is 0.0362. The van der Waals surface area contributed by atoms with Gasteiger partial charge in [0.25, 0.3) is 0 Å². The fourth-order valence-corrected chi connectivity index (χ4v) is 3.89. The van der Waals surface area contributed by atoms with Crippen molar-refractivity contribution >= 4 is 11.9 Å². The first-order valence-corrected chi connectivity index (χ1v) is 9.37. The molecule has 2 aliphatic heterocycles. The molecule has 0 saturated carbocycles. The van der Waals surface area contributed by atoms with Crippen LogP contribution in [0.25, 0.3) is 0 Å². The Morgan fingerprint density at radius 3 is 2.54 bits per heavy atom. The van der Waals surface area contributed by atoms with Crippen LogP contribution in [-0.2, 0) is 16.1 Å². The van der Waals surface area contributed by atoms with E-state index in [0.717, 1.165) is 32.4 Å². The lowest BCUT2D eigenvalue weighted by atomic mass is 9.72. The molecule has 1 spiro atoms. The molecule has 1 unspecified atom stereocenters. The van der Waals surface area contributed by atoms with E-state index in [1.165, 1.54) is 0 Å². The molecule has 3 rings (SSSR count). The van der Waals surface area contributed by atoms with Crippen LogP contribution in [0.3, 0.4) is 0 Å². The Labute approximate surface area is 153 Å². The van der Waals surface area contributed by atoms with Gasteiger partial charge in [-0.3, -0.25) is 9.69 Å². The van der Waals surface area contributed by atoms with E-state index in [1.807, 2.05) is 13.8 Å². The van der Waals surface area contributed by atoms with Gasteiger partial charge in [0.1, 0.15) is 6.04 Å². The zero-order chi connectivity index (χ0) is 18.9. The number of carbonyl (C=O) groups is 2. The maximum atomic E-state index is 12.2. The molecule has 0 aromatic carbocycles. The van der Waals surface area contributed by atoms with Crippen molar-refractivity contribution in [2.45, 2.75) is 65.0 Å². The van der Waals surface area contributed by atoms with Crippen LogP contribution in [0.1, 0.15) is 64.1 Å². The van der Waals surface area contributed by atoms with Crippen molar-refractivity contribution in [1.29, 1.82) is 0 Å². The standard InChI is InChI=1S/C18H28N4O4/c1-12(2)16-19-14(20-26-16)10-21-8-6-18(7-9-21)5-4-15(23)22(11-18)13(3)17(24)25/h12-13H,4-11H2,1-3H3,(H,24,25). The zero-order valence-electron chi connectivity index (χ0n) is 15.8. The summed E-state index contributed by atoms with van der Waals surface area (Å²) >= 11 is 0. The van der Waals surface area contributed by atoms with Crippen LogP contribution in [0, 0.1) is 5.41 Å². The molecule has 0 aliphatic carbocycles. The highest BCUT2D eigenvalue weighted by Crippen LogP contribution is 2.41. The predicted molar refractivity (Wildman–Crippen MR) is 93.4 cm³/mol. The zero-order valence-corrected chi connectivity index (χ0v) is 15.8. The molecule has 8 heteroatoms. The number of aliphatic carboxylic acids is 1. The number of hydrogen-bond donors (Lipinski definition) is 1. The Bertz CT molecular complexity index is 664. The summed E-state index contributed by atoms with van der Waals surface area (Å²) in [6.45, 7) is 8.65. The molecule has 2 fully saturated rings. The van der Waals surface area contributed by atoms with Crippen molar-refractivity contribution < 1.29 is 19.2 Å². The quantitative estimate of drug-likeness (QED) is 0.851. The van der Waals surface area contributed by atoms with E-state index in [1.54, 1.807) is 11.8 Å². The normalized spacial score (nSPS) is 22.2. The smallest absolute Gasteiger partial charge is 0.326 e. The third kappa shape index (κ3) is 3.90. The van der Waals surface area contributed by atoms with Crippen molar-refractivity contribution in [2.24, 2.45) is 5.41 Å². The van der Waals surface area contributed by atoms with Gasteiger partial charge in [-0.05, 0) is 44.7 Å². The van der Waals surface area contributed by atoms with E-state index in [2.05, 4.69) is 15.0 Å². The highest BCUT2D eigenvalue weighted by molar-refractivity contribution is 5.84. The third-order valence-electron chi connectivity index (χ3n) is 5.78. The first kappa shape index (κ1) is 18.8. The number of carbonyl (C=O) groups excluding carboxylic acids is 1. The van der Waals surface area contributed by atoms with Crippen LogP contribution in [0.15, 0.2) is 4.52 Å². The van der Waals surface area contributed by atoms with Gasteiger partial charge < -0.3 is 14.5 Å². The lowest BCUT2D eigenvalue weighted by Crippen LogP contribution is -2.55. The minimum atomic E-state index is -0.939. The molecule has 2 aliphatic rings. The highest BCUT2D eigenvalue weighted by Gasteiger charge is 2.43. The molecule has 0 bridgehead atoms. The number of aromatic nitrogens is 2. The number of carboxylic acid groups (broad SMARTS) is 1. The number of nitrogens with zero attached hydrogens (tertiary/aromatic N) is 4. The van der Waals surface area contributed by atoms with Crippen molar-refractivity contribution in [2.75, 3.05) is 19.6 Å². The third-order valence-corrected chi connectivity index (χ3v) is 5.78. The fourth-order valence-electron chi connectivity index (χ4n) is 3.89. The van der Waals surface area contributed by atoms with Crippen molar-refractivity contribution in [3.8, 4) is 0 Å². The van der Waals surface area contributed by atoms with Gasteiger partial charge in [-0.1, -0.05) is 19.0 Å². The van der Waals surface area contributed by atoms with Crippen LogP contribution in [-0.4, -0.2) is 62.6 Å². The molecule has 1 amide bonds. The first-order valence-electron chi connectivity index (χ1n) is 9.37. The van der Waals surface area contributed by atoms with Crippen LogP contribution in [0.5, 0.6) is 0 Å². The highest BCUT2D eigenvalue weighted by atomic mass is 16.5. The molecule has 1 aromatic rings. The summed E-state index contributed by atoms with van der Waals surface area (Å²) < 4.78 is 5.26. The average molecular weight is 364 g/mol. The Hall–Kier alpha value is -1.96. The fraction of sp³-hybridized carbons (Fsp3) is 0.778. The number of carboxylic acids is 1. The summed E-state index contributed by atoms with van der Waals surface area (Å²) in [5.74, 6) is 0.622. The van der Waals surface area contributed by atoms with E-state index in [9.17, 15) is 14.7 Å². The van der Waals surface area contributed by atoms with Crippen LogP contribution >= 0.6 is 0 Å². The topological polar surface area (TPSA) is 99.8 Å². The van der Waals surface area contributed by atoms with Crippen LogP contribution in [0.4, 0.5) is 0 Å². The predicted octanol–water partition coefficient (Wildman–Crippen LogP) is 1.87. The van der Waals surface area contributed by atoms with Crippen molar-refractivity contribution in [1.82, 2.24) is 19.9 Å². The van der Waals surface area contributed by atoms with E-state index in [4.69, 9.17) is 4.52 Å². The van der Waals surface area contributed by atoms with Crippen molar-refractivity contribution in [3.05, 3.63) is 11.7 Å². The number of piperidine rings is 2. The lowest BCUT2D eigenvalue weighted by molar-refractivity contribution is -0.155. The number of hydrogen-bond acceptors (Lipinski definition) is 6. The summed E-state index contributed by atoms with van der Waals surface area (Å²) in [5, 5.41) is 13.3. The van der Waals surface area contributed by atoms with E-state index < -0.39 is 12.0 Å². The Morgan fingerprint density at radius 1 is 1.27 bits per heavy atom. The summed E-state index contributed by atoms with van der Waals surface area (Å²) in [6, 6.07) is -0.758.